The molecule has 0 aromatic rings. The second kappa shape index (κ2) is 4.25. The molecular weight excluding hydrogens is 160 g/mol. The van der Waals surface area contributed by atoms with Crippen molar-refractivity contribution < 1.29 is 0 Å². The van der Waals surface area contributed by atoms with E-state index in [0.717, 1.165) is 19.6 Å². The summed E-state index contributed by atoms with van der Waals surface area (Å²) >= 11 is 0. The molecule has 0 bridgehead atoms. The second-order valence-corrected chi connectivity index (χ2v) is 4.68. The Morgan fingerprint density at radius 1 is 1.38 bits per heavy atom. The van der Waals surface area contributed by atoms with Gasteiger partial charge >= 0.3 is 0 Å². The molecule has 1 aliphatic heterocycles. The van der Waals surface area contributed by atoms with Crippen molar-refractivity contribution >= 4 is 0 Å². The number of hydrogen-bond acceptors (Lipinski definition) is 2. The highest BCUT2D eigenvalue weighted by Gasteiger charge is 2.31. The lowest BCUT2D eigenvalue weighted by molar-refractivity contribution is 0.124. The molecule has 0 aliphatic carbocycles. The Labute approximate surface area is 81.8 Å². The minimum Gasteiger partial charge on any atom is -0.329 e. The molecule has 1 aliphatic rings. The van der Waals surface area contributed by atoms with Gasteiger partial charge in [-0.25, -0.2) is 0 Å². The summed E-state index contributed by atoms with van der Waals surface area (Å²) in [5, 5.41) is 0. The van der Waals surface area contributed by atoms with Crippen molar-refractivity contribution in [2.24, 2.45) is 11.7 Å². The van der Waals surface area contributed by atoms with Gasteiger partial charge in [-0.15, -0.1) is 0 Å². The first kappa shape index (κ1) is 10.7. The SMILES string of the molecule is CC(C)CC(C)(CN)N1CC=CC1. The van der Waals surface area contributed by atoms with Crippen molar-refractivity contribution in [1.82, 2.24) is 4.90 Å². The van der Waals surface area contributed by atoms with Crippen molar-refractivity contribution in [3.8, 4) is 0 Å². The molecule has 76 valence electrons. The van der Waals surface area contributed by atoms with Crippen LogP contribution in [0.4, 0.5) is 0 Å². The summed E-state index contributed by atoms with van der Waals surface area (Å²) in [4.78, 5) is 2.47. The molecule has 1 heterocycles. The highest BCUT2D eigenvalue weighted by Crippen LogP contribution is 2.24. The Kier molecular flexibility index (Phi) is 3.51. The zero-order valence-electron chi connectivity index (χ0n) is 9.09. The third kappa shape index (κ3) is 2.55. The van der Waals surface area contributed by atoms with Crippen LogP contribution in [0.2, 0.25) is 0 Å². The molecule has 2 nitrogen and oxygen atoms in total. The molecule has 13 heavy (non-hydrogen) atoms. The Morgan fingerprint density at radius 2 is 1.92 bits per heavy atom. The first-order chi connectivity index (χ1) is 6.08. The summed E-state index contributed by atoms with van der Waals surface area (Å²) in [6, 6.07) is 0. The van der Waals surface area contributed by atoms with E-state index < -0.39 is 0 Å². The van der Waals surface area contributed by atoms with E-state index in [1.165, 1.54) is 6.42 Å². The molecule has 0 saturated heterocycles. The van der Waals surface area contributed by atoms with Crippen LogP contribution in [0.15, 0.2) is 12.2 Å². The van der Waals surface area contributed by atoms with Crippen LogP contribution in [-0.4, -0.2) is 30.1 Å². The Morgan fingerprint density at radius 3 is 2.31 bits per heavy atom. The minimum absolute atomic E-state index is 0.192. The van der Waals surface area contributed by atoms with Crippen molar-refractivity contribution in [1.29, 1.82) is 0 Å². The fraction of sp³-hybridized carbons (Fsp3) is 0.818. The fourth-order valence-corrected chi connectivity index (χ4v) is 2.14. The summed E-state index contributed by atoms with van der Waals surface area (Å²) in [6.07, 6.45) is 5.65. The molecule has 0 fully saturated rings. The van der Waals surface area contributed by atoms with Gasteiger partial charge in [0, 0.05) is 25.2 Å². The molecule has 0 saturated carbocycles. The van der Waals surface area contributed by atoms with Crippen molar-refractivity contribution in [3.05, 3.63) is 12.2 Å². The standard InChI is InChI=1S/C11H22N2/c1-10(2)8-11(3,9-12)13-6-4-5-7-13/h4-5,10H,6-9,12H2,1-3H3. The Balaban J connectivity index is 2.57. The highest BCUT2D eigenvalue weighted by atomic mass is 15.2. The fourth-order valence-electron chi connectivity index (χ4n) is 2.14. The number of nitrogens with zero attached hydrogens (tertiary/aromatic N) is 1. The smallest absolute Gasteiger partial charge is 0.0312 e. The van der Waals surface area contributed by atoms with Crippen LogP contribution in [0.1, 0.15) is 27.2 Å². The molecule has 1 atom stereocenters. The quantitative estimate of drug-likeness (QED) is 0.669. The maximum atomic E-state index is 5.87. The van der Waals surface area contributed by atoms with E-state index in [1.54, 1.807) is 0 Å². The van der Waals surface area contributed by atoms with Gasteiger partial charge in [-0.1, -0.05) is 26.0 Å². The lowest BCUT2D eigenvalue weighted by Crippen LogP contribution is -2.51. The third-order valence-electron chi connectivity index (χ3n) is 2.87. The van der Waals surface area contributed by atoms with Crippen LogP contribution >= 0.6 is 0 Å². The number of hydrogen-bond donors (Lipinski definition) is 1. The average molecular weight is 182 g/mol. The molecule has 1 unspecified atom stereocenters. The minimum atomic E-state index is 0.192. The Hall–Kier alpha value is -0.340. The van der Waals surface area contributed by atoms with Gasteiger partial charge in [0.1, 0.15) is 0 Å². The third-order valence-corrected chi connectivity index (χ3v) is 2.87. The van der Waals surface area contributed by atoms with Gasteiger partial charge < -0.3 is 5.73 Å². The first-order valence-electron chi connectivity index (χ1n) is 5.18. The van der Waals surface area contributed by atoms with Gasteiger partial charge in [0.2, 0.25) is 0 Å². The summed E-state index contributed by atoms with van der Waals surface area (Å²) < 4.78 is 0. The van der Waals surface area contributed by atoms with E-state index in [9.17, 15) is 0 Å². The van der Waals surface area contributed by atoms with Crippen molar-refractivity contribution in [2.45, 2.75) is 32.7 Å². The van der Waals surface area contributed by atoms with Crippen LogP contribution in [0.25, 0.3) is 0 Å². The Bertz CT molecular complexity index is 179. The van der Waals surface area contributed by atoms with Gasteiger partial charge in [0.15, 0.2) is 0 Å². The van der Waals surface area contributed by atoms with Gasteiger partial charge in [0.25, 0.3) is 0 Å². The number of nitrogens with two attached hydrogens (primary N) is 1. The summed E-state index contributed by atoms with van der Waals surface area (Å²) in [6.45, 7) is 9.70. The van der Waals surface area contributed by atoms with E-state index in [0.29, 0.717) is 5.92 Å². The van der Waals surface area contributed by atoms with Crippen molar-refractivity contribution in [2.75, 3.05) is 19.6 Å². The van der Waals surface area contributed by atoms with E-state index in [2.05, 4.69) is 37.8 Å². The van der Waals surface area contributed by atoms with E-state index in [-0.39, 0.29) is 5.54 Å². The van der Waals surface area contributed by atoms with Crippen LogP contribution in [-0.2, 0) is 0 Å². The largest absolute Gasteiger partial charge is 0.329 e. The molecule has 1 rings (SSSR count). The van der Waals surface area contributed by atoms with Gasteiger partial charge in [-0.3, -0.25) is 4.90 Å². The van der Waals surface area contributed by atoms with E-state index in [1.807, 2.05) is 0 Å². The lowest BCUT2D eigenvalue weighted by atomic mass is 9.89. The maximum Gasteiger partial charge on any atom is 0.0312 e. The molecular formula is C11H22N2. The van der Waals surface area contributed by atoms with E-state index >= 15 is 0 Å². The monoisotopic (exact) mass is 182 g/mol. The predicted octanol–water partition coefficient (Wildman–Crippen LogP) is 1.62. The summed E-state index contributed by atoms with van der Waals surface area (Å²) in [5.41, 5.74) is 6.06. The van der Waals surface area contributed by atoms with Gasteiger partial charge in [-0.2, -0.15) is 0 Å². The average Bonchev–Trinajstić information content (AvgIpc) is 2.55. The van der Waals surface area contributed by atoms with Crippen LogP contribution in [0.5, 0.6) is 0 Å². The topological polar surface area (TPSA) is 29.3 Å². The summed E-state index contributed by atoms with van der Waals surface area (Å²) in [5.74, 6) is 0.717. The molecule has 0 spiro atoms. The lowest BCUT2D eigenvalue weighted by Gasteiger charge is -2.39. The van der Waals surface area contributed by atoms with Crippen LogP contribution in [0.3, 0.4) is 0 Å². The zero-order valence-corrected chi connectivity index (χ0v) is 9.09. The first-order valence-corrected chi connectivity index (χ1v) is 5.18. The molecule has 0 aromatic carbocycles. The molecule has 2 N–H and O–H groups in total. The molecule has 0 radical (unpaired) electrons. The van der Waals surface area contributed by atoms with Gasteiger partial charge in [0.05, 0.1) is 0 Å². The zero-order chi connectivity index (χ0) is 9.90. The molecule has 0 amide bonds. The predicted molar refractivity (Wildman–Crippen MR) is 57.6 cm³/mol. The summed E-state index contributed by atoms with van der Waals surface area (Å²) in [7, 11) is 0. The maximum absolute atomic E-state index is 5.87. The van der Waals surface area contributed by atoms with Gasteiger partial charge in [-0.05, 0) is 19.3 Å². The van der Waals surface area contributed by atoms with E-state index in [4.69, 9.17) is 5.73 Å². The van der Waals surface area contributed by atoms with Crippen LogP contribution in [0, 0.1) is 5.92 Å². The highest BCUT2D eigenvalue weighted by molar-refractivity contribution is 5.02. The van der Waals surface area contributed by atoms with Crippen molar-refractivity contribution in [3.63, 3.8) is 0 Å². The molecule has 2 heteroatoms. The normalized spacial score (nSPS) is 22.5. The molecule has 0 aromatic heterocycles. The number of rotatable bonds is 4. The second-order valence-electron chi connectivity index (χ2n) is 4.68. The van der Waals surface area contributed by atoms with Crippen LogP contribution < -0.4 is 5.73 Å².